The summed E-state index contributed by atoms with van der Waals surface area (Å²) in [6.45, 7) is 3.66. The van der Waals surface area contributed by atoms with Gasteiger partial charge in [-0.2, -0.15) is 0 Å². The number of halogens is 3. The van der Waals surface area contributed by atoms with Crippen LogP contribution in [0.15, 0.2) is 45.3 Å². The molecule has 2 aromatic heterocycles. The van der Waals surface area contributed by atoms with Crippen molar-refractivity contribution in [2.75, 3.05) is 12.4 Å². The van der Waals surface area contributed by atoms with Gasteiger partial charge < -0.3 is 14.5 Å². The van der Waals surface area contributed by atoms with E-state index in [0.29, 0.717) is 34.4 Å². The average Bonchev–Trinajstić information content (AvgIpc) is 3.33. The maximum absolute atomic E-state index is 13.4. The molecule has 0 aliphatic rings. The number of benzene rings is 2. The van der Waals surface area contributed by atoms with E-state index in [9.17, 15) is 13.6 Å². The van der Waals surface area contributed by atoms with Gasteiger partial charge in [0.2, 0.25) is 5.89 Å². The molecule has 1 N–H and O–H groups in total. The lowest BCUT2D eigenvalue weighted by atomic mass is 10.2. The molecule has 33 heavy (non-hydrogen) atoms. The molecule has 170 valence electrons. The Morgan fingerprint density at radius 3 is 2.70 bits per heavy atom. The van der Waals surface area contributed by atoms with Gasteiger partial charge in [0, 0.05) is 16.2 Å². The fraction of sp³-hybridized carbons (Fsp3) is 0.182. The Balaban J connectivity index is 1.56. The molecule has 0 spiro atoms. The maximum Gasteiger partial charge on any atom is 0.278 e. The lowest BCUT2D eigenvalue weighted by molar-refractivity contribution is 0.102. The van der Waals surface area contributed by atoms with E-state index in [1.807, 2.05) is 12.1 Å². The Bertz CT molecular complexity index is 1350. The van der Waals surface area contributed by atoms with E-state index >= 15 is 0 Å². The minimum Gasteiger partial charge on any atom is -0.496 e. The number of methoxy groups -OCH3 is 1. The first-order valence-electron chi connectivity index (χ1n) is 9.73. The zero-order chi connectivity index (χ0) is 23.7. The number of oxazole rings is 1. The van der Waals surface area contributed by atoms with Crippen LogP contribution in [0.3, 0.4) is 0 Å². The molecule has 8 nitrogen and oxygen atoms in total. The molecule has 1 amide bonds. The molecule has 4 aromatic rings. The molecule has 0 radical (unpaired) electrons. The summed E-state index contributed by atoms with van der Waals surface area (Å²) in [7, 11) is 1.56. The summed E-state index contributed by atoms with van der Waals surface area (Å²) in [5, 5.41) is 10.4. The van der Waals surface area contributed by atoms with E-state index in [4.69, 9.17) is 9.15 Å². The van der Waals surface area contributed by atoms with Gasteiger partial charge in [0.15, 0.2) is 17.3 Å². The first-order chi connectivity index (χ1) is 15.8. The molecule has 0 bridgehead atoms. The molecule has 0 unspecified atom stereocenters. The smallest absolute Gasteiger partial charge is 0.278 e. The SMILES string of the molecule is COc1ccc(Br)cc1-c1nc(Cn2nnc(C(=O)Nc3ccc(F)c(F)c3)c2C)c(C)o1. The van der Waals surface area contributed by atoms with Gasteiger partial charge in [0.25, 0.3) is 5.91 Å². The van der Waals surface area contributed by atoms with Crippen molar-refractivity contribution in [3.8, 4) is 17.2 Å². The van der Waals surface area contributed by atoms with Crippen molar-refractivity contribution in [3.63, 3.8) is 0 Å². The third-order valence-corrected chi connectivity index (χ3v) is 5.45. The highest BCUT2D eigenvalue weighted by Gasteiger charge is 2.21. The molecule has 0 aliphatic carbocycles. The van der Waals surface area contributed by atoms with Crippen molar-refractivity contribution >= 4 is 27.5 Å². The van der Waals surface area contributed by atoms with Crippen LogP contribution in [0.5, 0.6) is 5.75 Å². The van der Waals surface area contributed by atoms with Crippen molar-refractivity contribution in [2.24, 2.45) is 0 Å². The second-order valence-corrected chi connectivity index (χ2v) is 8.05. The van der Waals surface area contributed by atoms with Crippen LogP contribution in [-0.4, -0.2) is 33.0 Å². The minimum absolute atomic E-state index is 0.0507. The molecule has 0 aliphatic heterocycles. The zero-order valence-corrected chi connectivity index (χ0v) is 19.4. The molecule has 2 heterocycles. The number of ether oxygens (including phenoxy) is 1. The van der Waals surface area contributed by atoms with Gasteiger partial charge in [-0.3, -0.25) is 4.79 Å². The van der Waals surface area contributed by atoms with Crippen LogP contribution in [0, 0.1) is 25.5 Å². The lowest BCUT2D eigenvalue weighted by Gasteiger charge is -2.05. The molecular weight excluding hydrogens is 500 g/mol. The quantitative estimate of drug-likeness (QED) is 0.390. The van der Waals surface area contributed by atoms with E-state index in [2.05, 4.69) is 36.5 Å². The van der Waals surface area contributed by atoms with E-state index < -0.39 is 17.5 Å². The average molecular weight is 518 g/mol. The highest BCUT2D eigenvalue weighted by Crippen LogP contribution is 2.33. The molecule has 11 heteroatoms. The van der Waals surface area contributed by atoms with E-state index in [1.54, 1.807) is 27.0 Å². The van der Waals surface area contributed by atoms with Crippen LogP contribution < -0.4 is 10.1 Å². The number of aromatic nitrogens is 4. The molecule has 0 atom stereocenters. The Morgan fingerprint density at radius 2 is 1.97 bits per heavy atom. The second-order valence-electron chi connectivity index (χ2n) is 7.13. The molecule has 0 saturated carbocycles. The number of hydrogen-bond acceptors (Lipinski definition) is 6. The largest absolute Gasteiger partial charge is 0.496 e. The summed E-state index contributed by atoms with van der Waals surface area (Å²) < 4.78 is 40.1. The summed E-state index contributed by atoms with van der Waals surface area (Å²) in [5.74, 6) is -1.09. The van der Waals surface area contributed by atoms with Crippen LogP contribution in [0.2, 0.25) is 0 Å². The number of rotatable bonds is 6. The molecule has 2 aromatic carbocycles. The van der Waals surface area contributed by atoms with Gasteiger partial charge in [0.05, 0.1) is 24.9 Å². The maximum atomic E-state index is 13.4. The number of nitrogens with zero attached hydrogens (tertiary/aromatic N) is 4. The first-order valence-corrected chi connectivity index (χ1v) is 10.5. The second kappa shape index (κ2) is 9.10. The number of carbonyl (C=O) groups excluding carboxylic acids is 1. The van der Waals surface area contributed by atoms with Crippen molar-refractivity contribution in [1.29, 1.82) is 0 Å². The number of nitrogens with one attached hydrogen (secondary N) is 1. The minimum atomic E-state index is -1.06. The Labute approximate surface area is 195 Å². The number of carbonyl (C=O) groups is 1. The standard InChI is InChI=1S/C22H18BrF2N5O3/c1-11-20(21(31)26-14-5-6-16(24)17(25)9-14)28-29-30(11)10-18-12(2)33-22(27-18)15-8-13(23)4-7-19(15)32-3/h4-9H,10H2,1-3H3,(H,26,31). The highest BCUT2D eigenvalue weighted by atomic mass is 79.9. The van der Waals surface area contributed by atoms with Gasteiger partial charge >= 0.3 is 0 Å². The van der Waals surface area contributed by atoms with Gasteiger partial charge in [-0.25, -0.2) is 18.4 Å². The number of amides is 1. The summed E-state index contributed by atoms with van der Waals surface area (Å²) >= 11 is 3.43. The van der Waals surface area contributed by atoms with Crippen LogP contribution in [0.25, 0.3) is 11.5 Å². The van der Waals surface area contributed by atoms with Crippen molar-refractivity contribution < 1.29 is 22.7 Å². The Kier molecular flexibility index (Phi) is 6.23. The first kappa shape index (κ1) is 22.6. The zero-order valence-electron chi connectivity index (χ0n) is 17.8. The Morgan fingerprint density at radius 1 is 1.18 bits per heavy atom. The summed E-state index contributed by atoms with van der Waals surface area (Å²) in [4.78, 5) is 17.1. The van der Waals surface area contributed by atoms with Crippen LogP contribution in [0.1, 0.15) is 27.6 Å². The summed E-state index contributed by atoms with van der Waals surface area (Å²) in [6.07, 6.45) is 0. The number of hydrogen-bond donors (Lipinski definition) is 1. The molecular formula is C22H18BrF2N5O3. The van der Waals surface area contributed by atoms with E-state index in [-0.39, 0.29) is 17.9 Å². The van der Waals surface area contributed by atoms with Crippen LogP contribution >= 0.6 is 15.9 Å². The van der Waals surface area contributed by atoms with Gasteiger partial charge in [-0.15, -0.1) is 5.10 Å². The van der Waals surface area contributed by atoms with Crippen LogP contribution in [-0.2, 0) is 6.54 Å². The third-order valence-electron chi connectivity index (χ3n) is 4.96. The molecule has 0 saturated heterocycles. The van der Waals surface area contributed by atoms with Gasteiger partial charge in [-0.05, 0) is 44.2 Å². The topological polar surface area (TPSA) is 95.1 Å². The molecule has 0 fully saturated rings. The van der Waals surface area contributed by atoms with Gasteiger partial charge in [0.1, 0.15) is 17.2 Å². The normalized spacial score (nSPS) is 11.0. The summed E-state index contributed by atoms with van der Waals surface area (Å²) in [5.41, 5.74) is 1.91. The molecule has 4 rings (SSSR count). The highest BCUT2D eigenvalue weighted by molar-refractivity contribution is 9.10. The fourth-order valence-corrected chi connectivity index (χ4v) is 3.52. The fourth-order valence-electron chi connectivity index (χ4n) is 3.16. The van der Waals surface area contributed by atoms with E-state index in [1.165, 1.54) is 10.7 Å². The predicted octanol–water partition coefficient (Wildman–Crippen LogP) is 4.90. The van der Waals surface area contributed by atoms with E-state index in [0.717, 1.165) is 16.6 Å². The number of aryl methyl sites for hydroxylation is 1. The van der Waals surface area contributed by atoms with Crippen LogP contribution in [0.4, 0.5) is 14.5 Å². The third kappa shape index (κ3) is 4.63. The van der Waals surface area contributed by atoms with Crippen molar-refractivity contribution in [1.82, 2.24) is 20.0 Å². The monoisotopic (exact) mass is 517 g/mol. The summed E-state index contributed by atoms with van der Waals surface area (Å²) in [6, 6.07) is 8.58. The number of anilines is 1. The van der Waals surface area contributed by atoms with Crippen molar-refractivity contribution in [3.05, 3.63) is 75.3 Å². The predicted molar refractivity (Wildman–Crippen MR) is 119 cm³/mol. The van der Waals surface area contributed by atoms with Gasteiger partial charge in [-0.1, -0.05) is 21.1 Å². The Hall–Kier alpha value is -3.60. The lowest BCUT2D eigenvalue weighted by Crippen LogP contribution is -2.15. The van der Waals surface area contributed by atoms with Crippen molar-refractivity contribution in [2.45, 2.75) is 20.4 Å².